The van der Waals surface area contributed by atoms with Gasteiger partial charge < -0.3 is 15.1 Å². The Morgan fingerprint density at radius 1 is 1.29 bits per heavy atom. The molecule has 1 aromatic rings. The Hall–Kier alpha value is -2.04. The van der Waals surface area contributed by atoms with Crippen molar-refractivity contribution in [3.8, 4) is 0 Å². The summed E-state index contributed by atoms with van der Waals surface area (Å²) in [7, 11) is 0. The van der Waals surface area contributed by atoms with Crippen LogP contribution in [0.2, 0.25) is 0 Å². The smallest absolute Gasteiger partial charge is 0.244 e. The number of hydrogen-bond acceptors (Lipinski definition) is 3. The number of hydrogen-bond donors (Lipinski definition) is 2. The van der Waals surface area contributed by atoms with Crippen LogP contribution in [0.5, 0.6) is 0 Å². The van der Waals surface area contributed by atoms with Crippen molar-refractivity contribution < 1.29 is 14.0 Å². The molecule has 17 heavy (non-hydrogen) atoms. The zero-order valence-corrected chi connectivity index (χ0v) is 9.95. The van der Waals surface area contributed by atoms with E-state index in [1.807, 2.05) is 13.0 Å². The van der Waals surface area contributed by atoms with Gasteiger partial charge in [-0.3, -0.25) is 9.59 Å². The van der Waals surface area contributed by atoms with E-state index in [2.05, 4.69) is 10.6 Å². The van der Waals surface area contributed by atoms with Gasteiger partial charge in [0.1, 0.15) is 11.5 Å². The van der Waals surface area contributed by atoms with Crippen LogP contribution in [0.1, 0.15) is 18.4 Å². The van der Waals surface area contributed by atoms with E-state index in [-0.39, 0.29) is 11.8 Å². The molecule has 0 aliphatic carbocycles. The molecule has 0 bridgehead atoms. The van der Waals surface area contributed by atoms with Crippen molar-refractivity contribution in [3.05, 3.63) is 29.7 Å². The summed E-state index contributed by atoms with van der Waals surface area (Å²) in [5.74, 6) is 1.11. The Bertz CT molecular complexity index is 421. The standard InChI is InChI=1S/C12H16N2O3/c1-9-3-4-11(17-9)5-6-12(16)14-8-7-13-10(2)15/h3-6H,7-8H2,1-2H3,(H,13,15)(H,14,16). The van der Waals surface area contributed by atoms with Crippen LogP contribution in [0, 0.1) is 6.92 Å². The molecule has 1 aromatic heterocycles. The van der Waals surface area contributed by atoms with Crippen LogP contribution in [0.4, 0.5) is 0 Å². The Labute approximate surface area is 99.9 Å². The summed E-state index contributed by atoms with van der Waals surface area (Å²) < 4.78 is 5.27. The molecule has 0 aliphatic heterocycles. The van der Waals surface area contributed by atoms with Gasteiger partial charge in [0.15, 0.2) is 0 Å². The highest BCUT2D eigenvalue weighted by Crippen LogP contribution is 2.07. The fourth-order valence-electron chi connectivity index (χ4n) is 1.18. The number of nitrogens with one attached hydrogen (secondary N) is 2. The first-order valence-corrected chi connectivity index (χ1v) is 5.34. The Morgan fingerprint density at radius 2 is 2.00 bits per heavy atom. The van der Waals surface area contributed by atoms with Crippen molar-refractivity contribution >= 4 is 17.9 Å². The molecule has 0 aromatic carbocycles. The van der Waals surface area contributed by atoms with E-state index in [4.69, 9.17) is 4.42 Å². The first-order chi connectivity index (χ1) is 8.08. The second-order valence-electron chi connectivity index (χ2n) is 3.56. The molecule has 0 aliphatic rings. The van der Waals surface area contributed by atoms with Gasteiger partial charge in [0, 0.05) is 26.1 Å². The fraction of sp³-hybridized carbons (Fsp3) is 0.333. The molecule has 92 valence electrons. The maximum Gasteiger partial charge on any atom is 0.244 e. The lowest BCUT2D eigenvalue weighted by molar-refractivity contribution is -0.119. The van der Waals surface area contributed by atoms with Gasteiger partial charge in [0.05, 0.1) is 0 Å². The van der Waals surface area contributed by atoms with Gasteiger partial charge in [-0.05, 0) is 25.1 Å². The number of amides is 2. The van der Waals surface area contributed by atoms with Crippen LogP contribution >= 0.6 is 0 Å². The fourth-order valence-corrected chi connectivity index (χ4v) is 1.18. The number of furan rings is 1. The monoisotopic (exact) mass is 236 g/mol. The van der Waals surface area contributed by atoms with Gasteiger partial charge in [-0.25, -0.2) is 0 Å². The van der Waals surface area contributed by atoms with Gasteiger partial charge in [0.25, 0.3) is 0 Å². The Kier molecular flexibility index (Phi) is 5.00. The lowest BCUT2D eigenvalue weighted by Gasteiger charge is -2.02. The van der Waals surface area contributed by atoms with Gasteiger partial charge in [-0.1, -0.05) is 0 Å². The highest BCUT2D eigenvalue weighted by Gasteiger charge is 1.97. The van der Waals surface area contributed by atoms with Gasteiger partial charge in [-0.2, -0.15) is 0 Å². The van der Waals surface area contributed by atoms with E-state index in [1.54, 1.807) is 12.1 Å². The quantitative estimate of drug-likeness (QED) is 0.588. The minimum atomic E-state index is -0.218. The molecule has 0 fully saturated rings. The molecular formula is C12H16N2O3. The maximum atomic E-state index is 11.3. The molecule has 1 heterocycles. The molecule has 0 radical (unpaired) electrons. The first kappa shape index (κ1) is 13.0. The van der Waals surface area contributed by atoms with Crippen molar-refractivity contribution in [1.82, 2.24) is 10.6 Å². The van der Waals surface area contributed by atoms with Crippen molar-refractivity contribution in [2.75, 3.05) is 13.1 Å². The summed E-state index contributed by atoms with van der Waals surface area (Å²) in [6.07, 6.45) is 2.99. The molecule has 2 N–H and O–H groups in total. The van der Waals surface area contributed by atoms with E-state index in [1.165, 1.54) is 13.0 Å². The zero-order valence-electron chi connectivity index (χ0n) is 9.95. The number of carbonyl (C=O) groups excluding carboxylic acids is 2. The molecule has 1 rings (SSSR count). The van der Waals surface area contributed by atoms with Gasteiger partial charge in [0.2, 0.25) is 11.8 Å². The largest absolute Gasteiger partial charge is 0.462 e. The molecule has 2 amide bonds. The van der Waals surface area contributed by atoms with Crippen molar-refractivity contribution in [1.29, 1.82) is 0 Å². The highest BCUT2D eigenvalue weighted by molar-refractivity contribution is 5.91. The summed E-state index contributed by atoms with van der Waals surface area (Å²) in [6, 6.07) is 3.62. The van der Waals surface area contributed by atoms with Gasteiger partial charge in [-0.15, -0.1) is 0 Å². The van der Waals surface area contributed by atoms with Crippen molar-refractivity contribution in [2.24, 2.45) is 0 Å². The molecule has 0 atom stereocenters. The normalized spacial score (nSPS) is 10.5. The second-order valence-corrected chi connectivity index (χ2v) is 3.56. The van der Waals surface area contributed by atoms with Gasteiger partial charge >= 0.3 is 0 Å². The predicted molar refractivity (Wildman–Crippen MR) is 64.2 cm³/mol. The zero-order chi connectivity index (χ0) is 12.7. The summed E-state index contributed by atoms with van der Waals surface area (Å²) in [6.45, 7) is 4.10. The van der Waals surface area contributed by atoms with Crippen molar-refractivity contribution in [3.63, 3.8) is 0 Å². The summed E-state index contributed by atoms with van der Waals surface area (Å²) in [4.78, 5) is 21.9. The number of carbonyl (C=O) groups is 2. The average Bonchev–Trinajstić information content (AvgIpc) is 2.67. The second kappa shape index (κ2) is 6.52. The first-order valence-electron chi connectivity index (χ1n) is 5.34. The van der Waals surface area contributed by atoms with Crippen LogP contribution in [0.15, 0.2) is 22.6 Å². The minimum Gasteiger partial charge on any atom is -0.462 e. The molecule has 0 saturated heterocycles. The summed E-state index contributed by atoms with van der Waals surface area (Å²) in [5, 5.41) is 5.21. The molecule has 5 nitrogen and oxygen atoms in total. The molecule has 0 unspecified atom stereocenters. The molecule has 5 heteroatoms. The minimum absolute atomic E-state index is 0.110. The number of rotatable bonds is 5. The van der Waals surface area contributed by atoms with Crippen molar-refractivity contribution in [2.45, 2.75) is 13.8 Å². The van der Waals surface area contributed by atoms with E-state index in [0.29, 0.717) is 18.8 Å². The van der Waals surface area contributed by atoms with E-state index >= 15 is 0 Å². The lowest BCUT2D eigenvalue weighted by atomic mass is 10.4. The number of aryl methyl sites for hydroxylation is 1. The molecule has 0 saturated carbocycles. The third-order valence-corrected chi connectivity index (χ3v) is 1.96. The van der Waals surface area contributed by atoms with E-state index in [9.17, 15) is 9.59 Å². The highest BCUT2D eigenvalue weighted by atomic mass is 16.3. The van der Waals surface area contributed by atoms with Crippen LogP contribution in [-0.2, 0) is 9.59 Å². The lowest BCUT2D eigenvalue weighted by Crippen LogP contribution is -2.32. The predicted octanol–water partition coefficient (Wildman–Crippen LogP) is 0.854. The Morgan fingerprint density at radius 3 is 2.59 bits per heavy atom. The van der Waals surface area contributed by atoms with Crippen LogP contribution in [0.3, 0.4) is 0 Å². The third-order valence-electron chi connectivity index (χ3n) is 1.96. The van der Waals surface area contributed by atoms with Crippen LogP contribution in [-0.4, -0.2) is 24.9 Å². The maximum absolute atomic E-state index is 11.3. The SMILES string of the molecule is CC(=O)NCCNC(=O)C=Cc1ccc(C)o1. The Balaban J connectivity index is 2.25. The van der Waals surface area contributed by atoms with E-state index in [0.717, 1.165) is 5.76 Å². The van der Waals surface area contributed by atoms with Crippen LogP contribution in [0.25, 0.3) is 6.08 Å². The molecular weight excluding hydrogens is 220 g/mol. The summed E-state index contributed by atoms with van der Waals surface area (Å²) in [5.41, 5.74) is 0. The molecule has 0 spiro atoms. The topological polar surface area (TPSA) is 71.3 Å². The van der Waals surface area contributed by atoms with E-state index < -0.39 is 0 Å². The van der Waals surface area contributed by atoms with Crippen LogP contribution < -0.4 is 10.6 Å². The third kappa shape index (κ3) is 5.55. The average molecular weight is 236 g/mol. The summed E-state index contributed by atoms with van der Waals surface area (Å²) >= 11 is 0.